The predicted molar refractivity (Wildman–Crippen MR) is 105 cm³/mol. The topological polar surface area (TPSA) is 58.9 Å². The second-order valence-electron chi connectivity index (χ2n) is 5.66. The van der Waals surface area contributed by atoms with E-state index in [4.69, 9.17) is 4.74 Å². The maximum atomic E-state index is 12.3. The number of esters is 1. The number of carbonyl (C=O) groups is 1. The number of carbonyl (C=O) groups excluding carboxylic acids is 1. The Kier molecular flexibility index (Phi) is 4.92. The Hall–Kier alpha value is -2.18. The van der Waals surface area contributed by atoms with Gasteiger partial charge in [0.1, 0.15) is 10.8 Å². The molecule has 1 aromatic carbocycles. The van der Waals surface area contributed by atoms with Crippen molar-refractivity contribution in [3.05, 3.63) is 45.1 Å². The van der Waals surface area contributed by atoms with Crippen LogP contribution in [0.4, 0.5) is 5.00 Å². The second kappa shape index (κ2) is 6.98. The van der Waals surface area contributed by atoms with E-state index in [2.05, 4.69) is 4.99 Å². The van der Waals surface area contributed by atoms with E-state index in [0.717, 1.165) is 25.4 Å². The molecule has 0 spiro atoms. The summed E-state index contributed by atoms with van der Waals surface area (Å²) in [4.78, 5) is 18.7. The molecule has 0 aliphatic carbocycles. The standard InChI is InChI=1S/C19H19NO3S2/c1-5-23-19(22)15-10(2)12(4)24-18(15)20-11(3)17-16(21)13-8-6-7-9-14(13)25-17/h6-9,21H,5H2,1-4H3. The van der Waals surface area contributed by atoms with Crippen molar-refractivity contribution in [2.75, 3.05) is 6.61 Å². The highest BCUT2D eigenvalue weighted by atomic mass is 32.1. The molecule has 0 amide bonds. The number of hydrogen-bond acceptors (Lipinski definition) is 6. The monoisotopic (exact) mass is 373 g/mol. The Morgan fingerprint density at radius 2 is 1.96 bits per heavy atom. The van der Waals surface area contributed by atoms with Crippen molar-refractivity contribution in [1.29, 1.82) is 0 Å². The molecule has 0 unspecified atom stereocenters. The van der Waals surface area contributed by atoms with Gasteiger partial charge in [-0.2, -0.15) is 0 Å². The number of aliphatic imine (C=N–C) groups is 1. The van der Waals surface area contributed by atoms with E-state index in [1.807, 2.05) is 45.0 Å². The number of rotatable bonds is 4. The van der Waals surface area contributed by atoms with E-state index >= 15 is 0 Å². The highest BCUT2D eigenvalue weighted by Gasteiger charge is 2.21. The molecule has 0 saturated carbocycles. The predicted octanol–water partition coefficient (Wildman–Crippen LogP) is 5.60. The van der Waals surface area contributed by atoms with Gasteiger partial charge in [-0.25, -0.2) is 9.79 Å². The number of aryl methyl sites for hydroxylation is 1. The summed E-state index contributed by atoms with van der Waals surface area (Å²) in [6, 6.07) is 7.71. The van der Waals surface area contributed by atoms with Crippen LogP contribution in [-0.2, 0) is 4.74 Å². The fourth-order valence-electron chi connectivity index (χ4n) is 2.61. The van der Waals surface area contributed by atoms with E-state index in [1.165, 1.54) is 22.7 Å². The molecule has 3 rings (SSSR count). The first kappa shape index (κ1) is 17.6. The molecule has 2 heterocycles. The maximum absolute atomic E-state index is 12.3. The van der Waals surface area contributed by atoms with Gasteiger partial charge < -0.3 is 9.84 Å². The van der Waals surface area contributed by atoms with Gasteiger partial charge in [0.25, 0.3) is 0 Å². The molecule has 0 aliphatic rings. The lowest BCUT2D eigenvalue weighted by atomic mass is 10.1. The summed E-state index contributed by atoms with van der Waals surface area (Å²) in [5.41, 5.74) is 2.10. The third-order valence-electron chi connectivity index (χ3n) is 4.01. The molecule has 1 N–H and O–H groups in total. The zero-order chi connectivity index (χ0) is 18.1. The Morgan fingerprint density at radius 3 is 2.64 bits per heavy atom. The van der Waals surface area contributed by atoms with Gasteiger partial charge in [0.15, 0.2) is 0 Å². The molecule has 0 aliphatic heterocycles. The van der Waals surface area contributed by atoms with Gasteiger partial charge in [0, 0.05) is 15.0 Å². The minimum atomic E-state index is -0.350. The summed E-state index contributed by atoms with van der Waals surface area (Å²) in [5.74, 6) is -0.110. The summed E-state index contributed by atoms with van der Waals surface area (Å²) in [7, 11) is 0. The number of hydrogen-bond donors (Lipinski definition) is 1. The van der Waals surface area contributed by atoms with Crippen LogP contribution in [0.25, 0.3) is 10.1 Å². The Labute approximate surface area is 154 Å². The number of aromatic hydroxyl groups is 1. The highest BCUT2D eigenvalue weighted by molar-refractivity contribution is 7.21. The number of thiophene rings is 2. The molecular formula is C19H19NO3S2. The van der Waals surface area contributed by atoms with Crippen LogP contribution in [0, 0.1) is 13.8 Å². The molecule has 130 valence electrons. The summed E-state index contributed by atoms with van der Waals surface area (Å²) in [5, 5.41) is 11.9. The molecule has 6 heteroatoms. The molecule has 2 aromatic heterocycles. The van der Waals surface area contributed by atoms with Gasteiger partial charge in [-0.3, -0.25) is 0 Å². The fourth-order valence-corrected chi connectivity index (χ4v) is 4.72. The summed E-state index contributed by atoms with van der Waals surface area (Å²) in [6.07, 6.45) is 0. The van der Waals surface area contributed by atoms with Gasteiger partial charge in [-0.1, -0.05) is 12.1 Å². The Bertz CT molecular complexity index is 982. The van der Waals surface area contributed by atoms with Crippen molar-refractivity contribution in [3.63, 3.8) is 0 Å². The molecule has 3 aromatic rings. The molecule has 0 atom stereocenters. The van der Waals surface area contributed by atoms with E-state index in [9.17, 15) is 9.90 Å². The number of nitrogens with zero attached hydrogens (tertiary/aromatic N) is 1. The lowest BCUT2D eigenvalue weighted by Gasteiger charge is -2.03. The van der Waals surface area contributed by atoms with Crippen molar-refractivity contribution in [3.8, 4) is 5.75 Å². The van der Waals surface area contributed by atoms with E-state index in [-0.39, 0.29) is 11.7 Å². The van der Waals surface area contributed by atoms with Crippen LogP contribution >= 0.6 is 22.7 Å². The molecule has 25 heavy (non-hydrogen) atoms. The molecular weight excluding hydrogens is 354 g/mol. The molecule has 4 nitrogen and oxygen atoms in total. The van der Waals surface area contributed by atoms with Crippen LogP contribution in [0.5, 0.6) is 5.75 Å². The van der Waals surface area contributed by atoms with Crippen LogP contribution in [0.3, 0.4) is 0 Å². The Morgan fingerprint density at radius 1 is 1.24 bits per heavy atom. The van der Waals surface area contributed by atoms with Crippen molar-refractivity contribution in [1.82, 2.24) is 0 Å². The molecule has 0 fully saturated rings. The normalized spacial score (nSPS) is 11.9. The fraction of sp³-hybridized carbons (Fsp3) is 0.263. The van der Waals surface area contributed by atoms with Crippen LogP contribution in [-0.4, -0.2) is 23.4 Å². The molecule has 0 saturated heterocycles. The summed E-state index contributed by atoms with van der Waals surface area (Å²) >= 11 is 2.96. The molecule has 0 radical (unpaired) electrons. The van der Waals surface area contributed by atoms with E-state index in [0.29, 0.717) is 22.9 Å². The minimum Gasteiger partial charge on any atom is -0.506 e. The van der Waals surface area contributed by atoms with Crippen LogP contribution in [0.15, 0.2) is 29.3 Å². The Balaban J connectivity index is 2.09. The lowest BCUT2D eigenvalue weighted by Crippen LogP contribution is -2.05. The van der Waals surface area contributed by atoms with Crippen molar-refractivity contribution in [2.24, 2.45) is 4.99 Å². The lowest BCUT2D eigenvalue weighted by molar-refractivity contribution is 0.0527. The quantitative estimate of drug-likeness (QED) is 0.478. The SMILES string of the molecule is CCOC(=O)c1c(N=C(C)c2sc3ccccc3c2O)sc(C)c1C. The number of fused-ring (bicyclic) bond motifs is 1. The average molecular weight is 373 g/mol. The van der Waals surface area contributed by atoms with Crippen molar-refractivity contribution >= 4 is 49.4 Å². The smallest absolute Gasteiger partial charge is 0.341 e. The van der Waals surface area contributed by atoms with Gasteiger partial charge in [0.05, 0.1) is 22.8 Å². The first-order valence-corrected chi connectivity index (χ1v) is 9.60. The van der Waals surface area contributed by atoms with E-state index in [1.54, 1.807) is 6.92 Å². The van der Waals surface area contributed by atoms with E-state index < -0.39 is 0 Å². The van der Waals surface area contributed by atoms with Crippen LogP contribution in [0.1, 0.15) is 39.5 Å². The minimum absolute atomic E-state index is 0.240. The first-order valence-electron chi connectivity index (χ1n) is 7.97. The average Bonchev–Trinajstić information content (AvgIpc) is 3.06. The van der Waals surface area contributed by atoms with Crippen molar-refractivity contribution < 1.29 is 14.6 Å². The van der Waals surface area contributed by atoms with Gasteiger partial charge in [0.2, 0.25) is 0 Å². The van der Waals surface area contributed by atoms with Gasteiger partial charge in [-0.15, -0.1) is 22.7 Å². The summed E-state index contributed by atoms with van der Waals surface area (Å²) in [6.45, 7) is 7.84. The first-order chi connectivity index (χ1) is 11.9. The van der Waals surface area contributed by atoms with Gasteiger partial charge in [-0.05, 0) is 45.4 Å². The zero-order valence-electron chi connectivity index (χ0n) is 14.5. The third-order valence-corrected chi connectivity index (χ3v) is 6.38. The van der Waals surface area contributed by atoms with Gasteiger partial charge >= 0.3 is 5.97 Å². The van der Waals surface area contributed by atoms with Crippen LogP contribution in [0.2, 0.25) is 0 Å². The van der Waals surface area contributed by atoms with Crippen LogP contribution < -0.4 is 0 Å². The third kappa shape index (κ3) is 3.19. The van der Waals surface area contributed by atoms with Crippen molar-refractivity contribution in [2.45, 2.75) is 27.7 Å². The number of ether oxygens (including phenoxy) is 1. The highest BCUT2D eigenvalue weighted by Crippen LogP contribution is 2.40. The summed E-state index contributed by atoms with van der Waals surface area (Å²) < 4.78 is 6.18. The number of benzene rings is 1. The zero-order valence-corrected chi connectivity index (χ0v) is 16.2. The largest absolute Gasteiger partial charge is 0.506 e. The maximum Gasteiger partial charge on any atom is 0.341 e. The molecule has 0 bridgehead atoms. The second-order valence-corrected chi connectivity index (χ2v) is 7.91.